The van der Waals surface area contributed by atoms with Gasteiger partial charge in [-0.1, -0.05) is 56.6 Å². The third kappa shape index (κ3) is 3.15. The third-order valence-corrected chi connectivity index (χ3v) is 4.34. The molecular formula is C19H19ClN2O2. The number of hydrogen-bond donors (Lipinski definition) is 1. The number of aromatic carboxylic acids is 1. The van der Waals surface area contributed by atoms with Crippen molar-refractivity contribution in [2.24, 2.45) is 0 Å². The number of nitrogens with zero attached hydrogens (tertiary/aromatic N) is 2. The van der Waals surface area contributed by atoms with E-state index in [0.717, 1.165) is 16.5 Å². The maximum Gasteiger partial charge on any atom is 0.352 e. The SMILES string of the molecule is CC(C)(C)c1ccc(Cn2c(C(=O)O)cc3cc(Cl)ncc32)cc1. The minimum Gasteiger partial charge on any atom is -0.477 e. The van der Waals surface area contributed by atoms with Gasteiger partial charge in [0.25, 0.3) is 0 Å². The lowest BCUT2D eigenvalue weighted by molar-refractivity contribution is 0.0686. The summed E-state index contributed by atoms with van der Waals surface area (Å²) in [4.78, 5) is 15.7. The summed E-state index contributed by atoms with van der Waals surface area (Å²) in [5.74, 6) is -0.964. The van der Waals surface area contributed by atoms with E-state index in [2.05, 4.69) is 37.9 Å². The van der Waals surface area contributed by atoms with Gasteiger partial charge in [-0.05, 0) is 28.7 Å². The van der Waals surface area contributed by atoms with Crippen LogP contribution in [0.15, 0.2) is 42.6 Å². The number of carboxylic acids is 1. The fourth-order valence-corrected chi connectivity index (χ4v) is 2.94. The molecule has 3 rings (SSSR count). The average Bonchev–Trinajstić information content (AvgIpc) is 2.85. The Morgan fingerprint density at radius 3 is 2.46 bits per heavy atom. The van der Waals surface area contributed by atoms with Crippen molar-refractivity contribution in [2.75, 3.05) is 0 Å². The van der Waals surface area contributed by atoms with Gasteiger partial charge in [-0.2, -0.15) is 0 Å². The van der Waals surface area contributed by atoms with Gasteiger partial charge in [0, 0.05) is 11.9 Å². The number of carbonyl (C=O) groups is 1. The lowest BCUT2D eigenvalue weighted by Crippen LogP contribution is -2.12. The van der Waals surface area contributed by atoms with Crippen LogP contribution in [0, 0.1) is 0 Å². The largest absolute Gasteiger partial charge is 0.477 e. The molecular weight excluding hydrogens is 324 g/mol. The maximum atomic E-state index is 11.6. The number of aromatic nitrogens is 2. The number of pyridine rings is 1. The Bertz CT molecular complexity index is 906. The molecule has 1 aromatic carbocycles. The molecule has 0 unspecified atom stereocenters. The summed E-state index contributed by atoms with van der Waals surface area (Å²) in [6, 6.07) is 11.6. The van der Waals surface area contributed by atoms with Gasteiger partial charge in [-0.3, -0.25) is 0 Å². The van der Waals surface area contributed by atoms with Gasteiger partial charge in [0.05, 0.1) is 11.7 Å². The van der Waals surface area contributed by atoms with Gasteiger partial charge in [-0.25, -0.2) is 9.78 Å². The average molecular weight is 343 g/mol. The van der Waals surface area contributed by atoms with E-state index < -0.39 is 5.97 Å². The predicted molar refractivity (Wildman–Crippen MR) is 95.9 cm³/mol. The molecule has 4 nitrogen and oxygen atoms in total. The summed E-state index contributed by atoms with van der Waals surface area (Å²) in [7, 11) is 0. The molecule has 24 heavy (non-hydrogen) atoms. The zero-order valence-electron chi connectivity index (χ0n) is 13.9. The van der Waals surface area contributed by atoms with Crippen molar-refractivity contribution in [3.05, 3.63) is 64.6 Å². The zero-order valence-corrected chi connectivity index (χ0v) is 14.6. The Morgan fingerprint density at radius 1 is 1.21 bits per heavy atom. The summed E-state index contributed by atoms with van der Waals surface area (Å²) < 4.78 is 1.76. The number of carboxylic acid groups (broad SMARTS) is 1. The lowest BCUT2D eigenvalue weighted by Gasteiger charge is -2.19. The van der Waals surface area contributed by atoms with Crippen molar-refractivity contribution in [2.45, 2.75) is 32.7 Å². The van der Waals surface area contributed by atoms with E-state index in [9.17, 15) is 9.90 Å². The summed E-state index contributed by atoms with van der Waals surface area (Å²) in [6.45, 7) is 6.97. The first-order valence-electron chi connectivity index (χ1n) is 7.73. The second-order valence-corrected chi connectivity index (χ2v) is 7.32. The van der Waals surface area contributed by atoms with Gasteiger partial charge in [0.15, 0.2) is 0 Å². The van der Waals surface area contributed by atoms with Crippen LogP contribution in [0.3, 0.4) is 0 Å². The molecule has 2 aromatic heterocycles. The van der Waals surface area contributed by atoms with Crippen LogP contribution in [0.25, 0.3) is 10.9 Å². The van der Waals surface area contributed by atoms with Gasteiger partial charge in [-0.15, -0.1) is 0 Å². The molecule has 0 saturated heterocycles. The zero-order chi connectivity index (χ0) is 17.5. The molecule has 1 N–H and O–H groups in total. The Morgan fingerprint density at radius 2 is 1.88 bits per heavy atom. The minimum atomic E-state index is -0.964. The number of fused-ring (bicyclic) bond motifs is 1. The highest BCUT2D eigenvalue weighted by molar-refractivity contribution is 6.30. The van der Waals surface area contributed by atoms with Crippen molar-refractivity contribution in [3.8, 4) is 0 Å². The van der Waals surface area contributed by atoms with Crippen LogP contribution in [-0.4, -0.2) is 20.6 Å². The Kier molecular flexibility index (Phi) is 4.10. The molecule has 2 heterocycles. The summed E-state index contributed by atoms with van der Waals surface area (Å²) >= 11 is 5.91. The van der Waals surface area contributed by atoms with Crippen molar-refractivity contribution in [1.29, 1.82) is 0 Å². The molecule has 0 fully saturated rings. The first-order valence-corrected chi connectivity index (χ1v) is 8.11. The van der Waals surface area contributed by atoms with Gasteiger partial charge < -0.3 is 9.67 Å². The van der Waals surface area contributed by atoms with E-state index in [1.807, 2.05) is 12.1 Å². The predicted octanol–water partition coefficient (Wildman–Crippen LogP) is 4.73. The first kappa shape index (κ1) is 16.5. The standard InChI is InChI=1S/C19H19ClN2O2/c1-19(2,3)14-6-4-12(5-7-14)11-22-15(18(23)24)8-13-9-17(20)21-10-16(13)22/h4-10H,11H2,1-3H3,(H,23,24). The highest BCUT2D eigenvalue weighted by atomic mass is 35.5. The van der Waals surface area contributed by atoms with Crippen LogP contribution in [0.2, 0.25) is 5.15 Å². The fourth-order valence-electron chi connectivity index (χ4n) is 2.77. The normalized spacial score (nSPS) is 11.8. The topological polar surface area (TPSA) is 55.1 Å². The molecule has 5 heteroatoms. The van der Waals surface area contributed by atoms with Crippen molar-refractivity contribution < 1.29 is 9.90 Å². The lowest BCUT2D eigenvalue weighted by atomic mass is 9.87. The molecule has 0 aliphatic rings. The molecule has 0 atom stereocenters. The number of benzene rings is 1. The van der Waals surface area contributed by atoms with E-state index in [4.69, 9.17) is 11.6 Å². The van der Waals surface area contributed by atoms with Gasteiger partial charge >= 0.3 is 5.97 Å². The van der Waals surface area contributed by atoms with Gasteiger partial charge in [0.1, 0.15) is 10.8 Å². The number of hydrogen-bond acceptors (Lipinski definition) is 2. The minimum absolute atomic E-state index is 0.0889. The molecule has 0 aliphatic carbocycles. The van der Waals surface area contributed by atoms with Crippen molar-refractivity contribution >= 4 is 28.5 Å². The summed E-state index contributed by atoms with van der Waals surface area (Å²) in [6.07, 6.45) is 1.62. The van der Waals surface area contributed by atoms with Crippen LogP contribution >= 0.6 is 11.6 Å². The number of rotatable bonds is 3. The van der Waals surface area contributed by atoms with E-state index >= 15 is 0 Å². The Labute approximate surface area is 145 Å². The second-order valence-electron chi connectivity index (χ2n) is 6.93. The fraction of sp³-hybridized carbons (Fsp3) is 0.263. The highest BCUT2D eigenvalue weighted by Gasteiger charge is 2.17. The van der Waals surface area contributed by atoms with E-state index in [1.165, 1.54) is 5.56 Å². The van der Waals surface area contributed by atoms with E-state index in [1.54, 1.807) is 22.9 Å². The number of halogens is 1. The molecule has 0 saturated carbocycles. The van der Waals surface area contributed by atoms with E-state index in [-0.39, 0.29) is 11.1 Å². The smallest absolute Gasteiger partial charge is 0.352 e. The molecule has 3 aromatic rings. The summed E-state index contributed by atoms with van der Waals surface area (Å²) in [5, 5.41) is 10.6. The van der Waals surface area contributed by atoms with Gasteiger partial charge in [0.2, 0.25) is 0 Å². The van der Waals surface area contributed by atoms with Crippen molar-refractivity contribution in [1.82, 2.24) is 9.55 Å². The van der Waals surface area contributed by atoms with Crippen molar-refractivity contribution in [3.63, 3.8) is 0 Å². The van der Waals surface area contributed by atoms with Crippen LogP contribution in [0.5, 0.6) is 0 Å². The Balaban J connectivity index is 2.03. The third-order valence-electron chi connectivity index (χ3n) is 4.13. The Hall–Kier alpha value is -2.33. The monoisotopic (exact) mass is 342 g/mol. The molecule has 0 aliphatic heterocycles. The first-order chi connectivity index (χ1) is 11.3. The van der Waals surface area contributed by atoms with Crippen LogP contribution < -0.4 is 0 Å². The van der Waals surface area contributed by atoms with Crippen LogP contribution in [0.1, 0.15) is 42.4 Å². The molecule has 0 radical (unpaired) electrons. The molecule has 124 valence electrons. The van der Waals surface area contributed by atoms with Crippen LogP contribution in [-0.2, 0) is 12.0 Å². The molecule has 0 amide bonds. The molecule has 0 bridgehead atoms. The van der Waals surface area contributed by atoms with Crippen LogP contribution in [0.4, 0.5) is 0 Å². The molecule has 0 spiro atoms. The van der Waals surface area contributed by atoms with E-state index in [0.29, 0.717) is 11.7 Å². The summed E-state index contributed by atoms with van der Waals surface area (Å²) in [5.41, 5.74) is 3.37. The highest BCUT2D eigenvalue weighted by Crippen LogP contribution is 2.25. The quantitative estimate of drug-likeness (QED) is 0.700. The maximum absolute atomic E-state index is 11.6. The second kappa shape index (κ2) is 5.95.